The van der Waals surface area contributed by atoms with E-state index in [2.05, 4.69) is 29.5 Å². The van der Waals surface area contributed by atoms with Gasteiger partial charge in [0.05, 0.1) is 11.7 Å². The lowest BCUT2D eigenvalue weighted by Gasteiger charge is -2.18. The molecular weight excluding hydrogens is 178 g/mol. The van der Waals surface area contributed by atoms with Gasteiger partial charge in [-0.05, 0) is 33.1 Å². The number of nitrogens with zero attached hydrogens (tertiary/aromatic N) is 3. The molecule has 5 nitrogen and oxygen atoms in total. The molecule has 1 heterocycles. The first-order valence-corrected chi connectivity index (χ1v) is 4.74. The Morgan fingerprint density at radius 2 is 2.36 bits per heavy atom. The molecule has 1 aromatic rings. The monoisotopic (exact) mass is 197 g/mol. The lowest BCUT2D eigenvalue weighted by molar-refractivity contribution is 0.356. The third kappa shape index (κ3) is 2.80. The molecule has 0 aliphatic rings. The van der Waals surface area contributed by atoms with Crippen LogP contribution in [-0.2, 0) is 7.05 Å². The van der Waals surface area contributed by atoms with Crippen molar-refractivity contribution in [3.05, 3.63) is 18.0 Å². The zero-order valence-corrected chi connectivity index (χ0v) is 9.07. The number of hydrazine groups is 1. The van der Waals surface area contributed by atoms with Crippen molar-refractivity contribution in [1.29, 1.82) is 0 Å². The predicted octanol–water partition coefficient (Wildman–Crippen LogP) is -0.124. The molecule has 1 unspecified atom stereocenters. The highest BCUT2D eigenvalue weighted by Gasteiger charge is 2.12. The fourth-order valence-corrected chi connectivity index (χ4v) is 1.43. The Kier molecular flexibility index (Phi) is 4.06. The summed E-state index contributed by atoms with van der Waals surface area (Å²) in [6.45, 7) is 1.00. The Balaban J connectivity index is 2.58. The highest BCUT2D eigenvalue weighted by Crippen LogP contribution is 2.14. The van der Waals surface area contributed by atoms with Gasteiger partial charge in [0.25, 0.3) is 0 Å². The normalized spacial score (nSPS) is 13.5. The lowest BCUT2D eigenvalue weighted by atomic mass is 10.1. The van der Waals surface area contributed by atoms with E-state index >= 15 is 0 Å². The van der Waals surface area contributed by atoms with E-state index in [4.69, 9.17) is 5.84 Å². The zero-order valence-electron chi connectivity index (χ0n) is 9.07. The van der Waals surface area contributed by atoms with Gasteiger partial charge in [-0.1, -0.05) is 0 Å². The van der Waals surface area contributed by atoms with Crippen LogP contribution >= 0.6 is 0 Å². The van der Waals surface area contributed by atoms with Gasteiger partial charge in [-0.2, -0.15) is 5.10 Å². The van der Waals surface area contributed by atoms with Crippen LogP contribution in [0.15, 0.2) is 12.3 Å². The first-order valence-electron chi connectivity index (χ1n) is 4.74. The summed E-state index contributed by atoms with van der Waals surface area (Å²) in [5, 5.41) is 4.12. The van der Waals surface area contributed by atoms with Gasteiger partial charge in [0.1, 0.15) is 0 Å². The van der Waals surface area contributed by atoms with Crippen molar-refractivity contribution in [2.75, 3.05) is 20.6 Å². The Bertz CT molecular complexity index is 268. The molecule has 0 spiro atoms. The van der Waals surface area contributed by atoms with E-state index in [1.54, 1.807) is 6.20 Å². The summed E-state index contributed by atoms with van der Waals surface area (Å²) in [5.41, 5.74) is 3.93. The van der Waals surface area contributed by atoms with Gasteiger partial charge in [0.15, 0.2) is 0 Å². The van der Waals surface area contributed by atoms with E-state index in [-0.39, 0.29) is 6.04 Å². The number of rotatable bonds is 5. The molecule has 1 atom stereocenters. The second kappa shape index (κ2) is 5.09. The minimum absolute atomic E-state index is 0.171. The van der Waals surface area contributed by atoms with Crippen LogP contribution in [0.25, 0.3) is 0 Å². The summed E-state index contributed by atoms with van der Waals surface area (Å²) < 4.78 is 1.85. The number of aromatic nitrogens is 2. The average molecular weight is 197 g/mol. The molecule has 0 radical (unpaired) electrons. The number of hydrogen-bond acceptors (Lipinski definition) is 4. The quantitative estimate of drug-likeness (QED) is 0.510. The van der Waals surface area contributed by atoms with Crippen molar-refractivity contribution in [3.63, 3.8) is 0 Å². The molecule has 0 aromatic carbocycles. The van der Waals surface area contributed by atoms with Crippen molar-refractivity contribution in [3.8, 4) is 0 Å². The van der Waals surface area contributed by atoms with Crippen molar-refractivity contribution >= 4 is 0 Å². The fraction of sp³-hybridized carbons (Fsp3) is 0.667. The first-order chi connectivity index (χ1) is 6.65. The number of aryl methyl sites for hydroxylation is 1. The van der Waals surface area contributed by atoms with E-state index in [1.807, 2.05) is 17.8 Å². The molecular formula is C9H19N5. The molecule has 14 heavy (non-hydrogen) atoms. The smallest absolute Gasteiger partial charge is 0.0641 e. The van der Waals surface area contributed by atoms with Gasteiger partial charge in [-0.3, -0.25) is 16.0 Å². The average Bonchev–Trinajstić information content (AvgIpc) is 2.53. The van der Waals surface area contributed by atoms with Gasteiger partial charge in [-0.25, -0.2) is 0 Å². The van der Waals surface area contributed by atoms with Crippen molar-refractivity contribution < 1.29 is 0 Å². The van der Waals surface area contributed by atoms with Gasteiger partial charge in [-0.15, -0.1) is 0 Å². The summed E-state index contributed by atoms with van der Waals surface area (Å²) in [4.78, 5) is 2.14. The highest BCUT2D eigenvalue weighted by molar-refractivity contribution is 5.06. The molecule has 3 N–H and O–H groups in total. The van der Waals surface area contributed by atoms with Crippen LogP contribution in [-0.4, -0.2) is 35.3 Å². The van der Waals surface area contributed by atoms with Crippen LogP contribution in [0.4, 0.5) is 0 Å². The second-order valence-electron chi connectivity index (χ2n) is 3.69. The van der Waals surface area contributed by atoms with Crippen LogP contribution in [0.1, 0.15) is 18.2 Å². The maximum atomic E-state index is 5.51. The SMILES string of the molecule is CN(C)CCC(NN)c1ccnn1C. The van der Waals surface area contributed by atoms with Gasteiger partial charge in [0, 0.05) is 13.2 Å². The summed E-state index contributed by atoms with van der Waals surface area (Å²) >= 11 is 0. The van der Waals surface area contributed by atoms with Crippen molar-refractivity contribution in [2.45, 2.75) is 12.5 Å². The summed E-state index contributed by atoms with van der Waals surface area (Å²) in [6.07, 6.45) is 2.76. The minimum Gasteiger partial charge on any atom is -0.309 e. The standard InChI is InChI=1S/C9H19N5/c1-13(2)7-5-8(12-10)9-4-6-11-14(9)3/h4,6,8,12H,5,7,10H2,1-3H3. The van der Waals surface area contributed by atoms with E-state index in [9.17, 15) is 0 Å². The highest BCUT2D eigenvalue weighted by atomic mass is 15.3. The van der Waals surface area contributed by atoms with E-state index in [0.717, 1.165) is 18.7 Å². The fourth-order valence-electron chi connectivity index (χ4n) is 1.43. The van der Waals surface area contributed by atoms with Crippen molar-refractivity contribution in [1.82, 2.24) is 20.1 Å². The van der Waals surface area contributed by atoms with Gasteiger partial charge < -0.3 is 4.90 Å². The first kappa shape index (κ1) is 11.2. The predicted molar refractivity (Wildman–Crippen MR) is 56.4 cm³/mol. The molecule has 1 rings (SSSR count). The Labute approximate surface area is 84.8 Å². The van der Waals surface area contributed by atoms with Crippen LogP contribution in [0.5, 0.6) is 0 Å². The zero-order chi connectivity index (χ0) is 10.6. The molecule has 0 aliphatic heterocycles. The van der Waals surface area contributed by atoms with Crippen LogP contribution in [0, 0.1) is 0 Å². The van der Waals surface area contributed by atoms with Crippen LogP contribution < -0.4 is 11.3 Å². The summed E-state index contributed by atoms with van der Waals surface area (Å²) in [6, 6.07) is 2.16. The van der Waals surface area contributed by atoms with Crippen LogP contribution in [0.2, 0.25) is 0 Å². The molecule has 5 heteroatoms. The van der Waals surface area contributed by atoms with Crippen LogP contribution in [0.3, 0.4) is 0 Å². The third-order valence-corrected chi connectivity index (χ3v) is 2.28. The molecule has 0 saturated heterocycles. The van der Waals surface area contributed by atoms with E-state index in [1.165, 1.54) is 0 Å². The molecule has 1 aromatic heterocycles. The third-order valence-electron chi connectivity index (χ3n) is 2.28. The number of nitrogens with one attached hydrogen (secondary N) is 1. The molecule has 0 saturated carbocycles. The van der Waals surface area contributed by atoms with E-state index < -0.39 is 0 Å². The van der Waals surface area contributed by atoms with Gasteiger partial charge >= 0.3 is 0 Å². The lowest BCUT2D eigenvalue weighted by Crippen LogP contribution is -2.32. The maximum Gasteiger partial charge on any atom is 0.0641 e. The largest absolute Gasteiger partial charge is 0.309 e. The van der Waals surface area contributed by atoms with Crippen molar-refractivity contribution in [2.24, 2.45) is 12.9 Å². The number of nitrogens with two attached hydrogens (primary N) is 1. The topological polar surface area (TPSA) is 59.1 Å². The molecule has 80 valence electrons. The molecule has 0 aliphatic carbocycles. The minimum atomic E-state index is 0.171. The van der Waals surface area contributed by atoms with Gasteiger partial charge in [0.2, 0.25) is 0 Å². The Hall–Kier alpha value is -0.910. The Morgan fingerprint density at radius 3 is 2.79 bits per heavy atom. The number of hydrogen-bond donors (Lipinski definition) is 2. The molecule has 0 fully saturated rings. The second-order valence-corrected chi connectivity index (χ2v) is 3.69. The Morgan fingerprint density at radius 1 is 1.64 bits per heavy atom. The summed E-state index contributed by atoms with van der Waals surface area (Å²) in [5.74, 6) is 5.51. The summed E-state index contributed by atoms with van der Waals surface area (Å²) in [7, 11) is 6.03. The maximum absolute atomic E-state index is 5.51. The molecule has 0 amide bonds. The molecule has 0 bridgehead atoms. The van der Waals surface area contributed by atoms with E-state index in [0.29, 0.717) is 0 Å².